The first-order valence-corrected chi connectivity index (χ1v) is 7.53. The molecule has 8 heteroatoms. The van der Waals surface area contributed by atoms with Gasteiger partial charge in [-0.1, -0.05) is 6.07 Å². The maximum Gasteiger partial charge on any atom is 0.338 e. The summed E-state index contributed by atoms with van der Waals surface area (Å²) >= 11 is 0. The fraction of sp³-hybridized carbons (Fsp3) is 0.222. The quantitative estimate of drug-likeness (QED) is 0.763. The van der Waals surface area contributed by atoms with Gasteiger partial charge in [0.05, 0.1) is 19.8 Å². The number of ether oxygens (including phenoxy) is 3. The zero-order chi connectivity index (χ0) is 19.1. The van der Waals surface area contributed by atoms with Crippen molar-refractivity contribution in [3.05, 3.63) is 59.2 Å². The first-order valence-electron chi connectivity index (χ1n) is 7.53. The minimum atomic E-state index is -0.996. The Morgan fingerprint density at radius 3 is 2.23 bits per heavy atom. The van der Waals surface area contributed by atoms with E-state index in [2.05, 4.69) is 5.32 Å². The highest BCUT2D eigenvalue weighted by Gasteiger charge is 2.13. The zero-order valence-electron chi connectivity index (χ0n) is 14.2. The lowest BCUT2D eigenvalue weighted by Gasteiger charge is -2.10. The minimum Gasteiger partial charge on any atom is -0.493 e. The highest BCUT2D eigenvalue weighted by atomic mass is 19.1. The molecule has 0 fully saturated rings. The largest absolute Gasteiger partial charge is 0.493 e. The Kier molecular flexibility index (Phi) is 6.48. The van der Waals surface area contributed by atoms with Crippen LogP contribution in [0.25, 0.3) is 0 Å². The van der Waals surface area contributed by atoms with Crippen molar-refractivity contribution in [1.82, 2.24) is 5.32 Å². The normalized spacial score (nSPS) is 10.2. The number of hydrogen-bond acceptors (Lipinski definition) is 5. The molecule has 0 aliphatic carbocycles. The van der Waals surface area contributed by atoms with Crippen LogP contribution in [0, 0.1) is 11.6 Å². The Labute approximate surface area is 148 Å². The molecule has 0 heterocycles. The topological polar surface area (TPSA) is 73.9 Å². The van der Waals surface area contributed by atoms with E-state index < -0.39 is 30.1 Å². The van der Waals surface area contributed by atoms with Gasteiger partial charge < -0.3 is 19.5 Å². The SMILES string of the molecule is COc1ccc(CNC(=O)COC(=O)c2cc(F)cc(F)c2)cc1OC. The number of methoxy groups -OCH3 is 2. The highest BCUT2D eigenvalue weighted by molar-refractivity contribution is 5.91. The lowest BCUT2D eigenvalue weighted by Crippen LogP contribution is -2.28. The third-order valence-corrected chi connectivity index (χ3v) is 3.37. The zero-order valence-corrected chi connectivity index (χ0v) is 14.2. The summed E-state index contributed by atoms with van der Waals surface area (Å²) < 4.78 is 41.2. The molecule has 6 nitrogen and oxygen atoms in total. The molecule has 2 rings (SSSR count). The first-order chi connectivity index (χ1) is 12.4. The molecule has 0 saturated heterocycles. The van der Waals surface area contributed by atoms with Crippen LogP contribution in [0.3, 0.4) is 0 Å². The Balaban J connectivity index is 1.86. The fourth-order valence-electron chi connectivity index (χ4n) is 2.13. The van der Waals surface area contributed by atoms with Gasteiger partial charge in [-0.2, -0.15) is 0 Å². The summed E-state index contributed by atoms with van der Waals surface area (Å²) in [6, 6.07) is 7.41. The third kappa shape index (κ3) is 5.17. The number of esters is 1. The number of halogens is 2. The van der Waals surface area contributed by atoms with Gasteiger partial charge in [0, 0.05) is 12.6 Å². The molecule has 0 saturated carbocycles. The molecular weight excluding hydrogens is 348 g/mol. The van der Waals surface area contributed by atoms with Gasteiger partial charge >= 0.3 is 5.97 Å². The molecule has 0 radical (unpaired) electrons. The van der Waals surface area contributed by atoms with Crippen molar-refractivity contribution in [3.63, 3.8) is 0 Å². The van der Waals surface area contributed by atoms with Gasteiger partial charge in [-0.05, 0) is 29.8 Å². The van der Waals surface area contributed by atoms with Gasteiger partial charge in [-0.15, -0.1) is 0 Å². The molecule has 1 N–H and O–H groups in total. The summed E-state index contributed by atoms with van der Waals surface area (Å²) in [4.78, 5) is 23.5. The summed E-state index contributed by atoms with van der Waals surface area (Å²) in [6.45, 7) is -0.407. The van der Waals surface area contributed by atoms with E-state index in [-0.39, 0.29) is 12.1 Å². The maximum absolute atomic E-state index is 13.1. The predicted molar refractivity (Wildman–Crippen MR) is 88.0 cm³/mol. The smallest absolute Gasteiger partial charge is 0.338 e. The van der Waals surface area contributed by atoms with Crippen molar-refractivity contribution in [3.8, 4) is 11.5 Å². The predicted octanol–water partition coefficient (Wildman–Crippen LogP) is 2.46. The number of nitrogens with one attached hydrogen (secondary N) is 1. The van der Waals surface area contributed by atoms with Crippen LogP contribution in [0.1, 0.15) is 15.9 Å². The molecule has 0 aliphatic heterocycles. The van der Waals surface area contributed by atoms with Crippen molar-refractivity contribution in [2.24, 2.45) is 0 Å². The van der Waals surface area contributed by atoms with Crippen LogP contribution in [0.5, 0.6) is 11.5 Å². The molecule has 1 amide bonds. The van der Waals surface area contributed by atoms with Crippen molar-refractivity contribution >= 4 is 11.9 Å². The standard InChI is InChI=1S/C18H17F2NO5/c1-24-15-4-3-11(5-16(15)25-2)9-21-17(22)10-26-18(23)12-6-13(19)8-14(20)7-12/h3-8H,9-10H2,1-2H3,(H,21,22). The van der Waals surface area contributed by atoms with Gasteiger partial charge in [-0.3, -0.25) is 4.79 Å². The van der Waals surface area contributed by atoms with Crippen LogP contribution in [-0.2, 0) is 16.1 Å². The molecule has 0 atom stereocenters. The average molecular weight is 365 g/mol. The van der Waals surface area contributed by atoms with Crippen LogP contribution in [-0.4, -0.2) is 32.7 Å². The average Bonchev–Trinajstić information content (AvgIpc) is 2.63. The van der Waals surface area contributed by atoms with Crippen LogP contribution in [0.4, 0.5) is 8.78 Å². The van der Waals surface area contributed by atoms with Gasteiger partial charge in [0.25, 0.3) is 5.91 Å². The Morgan fingerprint density at radius 2 is 1.62 bits per heavy atom. The second-order valence-electron chi connectivity index (χ2n) is 5.20. The van der Waals surface area contributed by atoms with E-state index in [4.69, 9.17) is 14.2 Å². The van der Waals surface area contributed by atoms with E-state index in [1.54, 1.807) is 18.2 Å². The molecule has 0 spiro atoms. The fourth-order valence-corrected chi connectivity index (χ4v) is 2.13. The van der Waals surface area contributed by atoms with E-state index in [0.29, 0.717) is 17.6 Å². The van der Waals surface area contributed by atoms with Gasteiger partial charge in [0.1, 0.15) is 11.6 Å². The van der Waals surface area contributed by atoms with E-state index in [1.807, 2.05) is 0 Å². The van der Waals surface area contributed by atoms with Crippen LogP contribution in [0.2, 0.25) is 0 Å². The summed E-state index contributed by atoms with van der Waals surface area (Å²) in [7, 11) is 3.01. The third-order valence-electron chi connectivity index (χ3n) is 3.37. The van der Waals surface area contributed by atoms with Gasteiger partial charge in [0.2, 0.25) is 0 Å². The van der Waals surface area contributed by atoms with E-state index in [1.165, 1.54) is 14.2 Å². The molecule has 2 aromatic rings. The molecule has 138 valence electrons. The van der Waals surface area contributed by atoms with Crippen LogP contribution in [0.15, 0.2) is 36.4 Å². The summed E-state index contributed by atoms with van der Waals surface area (Å²) in [5.41, 5.74) is 0.435. The second-order valence-corrected chi connectivity index (χ2v) is 5.20. The van der Waals surface area contributed by atoms with Gasteiger partial charge in [0.15, 0.2) is 18.1 Å². The van der Waals surface area contributed by atoms with Crippen molar-refractivity contribution in [2.75, 3.05) is 20.8 Å². The van der Waals surface area contributed by atoms with Crippen molar-refractivity contribution < 1.29 is 32.6 Å². The lowest BCUT2D eigenvalue weighted by molar-refractivity contribution is -0.124. The Hall–Kier alpha value is -3.16. The lowest BCUT2D eigenvalue weighted by atomic mass is 10.2. The van der Waals surface area contributed by atoms with Crippen molar-refractivity contribution in [1.29, 1.82) is 0 Å². The molecule has 0 bridgehead atoms. The molecular formula is C18H17F2NO5. The Bertz CT molecular complexity index is 790. The number of hydrogen-bond donors (Lipinski definition) is 1. The van der Waals surface area contributed by atoms with E-state index in [0.717, 1.165) is 17.7 Å². The van der Waals surface area contributed by atoms with Crippen LogP contribution >= 0.6 is 0 Å². The second kappa shape index (κ2) is 8.80. The van der Waals surface area contributed by atoms with Crippen LogP contribution < -0.4 is 14.8 Å². The molecule has 26 heavy (non-hydrogen) atoms. The van der Waals surface area contributed by atoms with E-state index >= 15 is 0 Å². The minimum absolute atomic E-state index is 0.172. The summed E-state index contributed by atoms with van der Waals surface area (Å²) in [5.74, 6) is -2.31. The summed E-state index contributed by atoms with van der Waals surface area (Å²) in [6.07, 6.45) is 0. The number of carbonyl (C=O) groups is 2. The number of rotatable bonds is 7. The van der Waals surface area contributed by atoms with E-state index in [9.17, 15) is 18.4 Å². The molecule has 0 unspecified atom stereocenters. The maximum atomic E-state index is 13.1. The molecule has 2 aromatic carbocycles. The first kappa shape index (κ1) is 19.2. The highest BCUT2D eigenvalue weighted by Crippen LogP contribution is 2.27. The summed E-state index contributed by atoms with van der Waals surface area (Å²) in [5, 5.41) is 2.56. The molecule has 0 aromatic heterocycles. The Morgan fingerprint density at radius 1 is 0.962 bits per heavy atom. The van der Waals surface area contributed by atoms with Crippen molar-refractivity contribution in [2.45, 2.75) is 6.54 Å². The number of carbonyl (C=O) groups excluding carboxylic acids is 2. The number of amides is 1. The molecule has 0 aliphatic rings. The number of benzene rings is 2. The monoisotopic (exact) mass is 365 g/mol. The van der Waals surface area contributed by atoms with Gasteiger partial charge in [-0.25, -0.2) is 13.6 Å².